The summed E-state index contributed by atoms with van der Waals surface area (Å²) < 4.78 is 4.94. The molecule has 2 aromatic heterocycles. The Bertz CT molecular complexity index is 1330. The van der Waals surface area contributed by atoms with Gasteiger partial charge in [-0.1, -0.05) is 28.4 Å². The third-order valence-corrected chi connectivity index (χ3v) is 6.14. The summed E-state index contributed by atoms with van der Waals surface area (Å²) in [5.41, 5.74) is 2.92. The molecule has 33 heavy (non-hydrogen) atoms. The SMILES string of the molecule is N#Cc1ccc2nc(Nc3ccon3)c(N3CCN(Cc4cc(Cl)ccc4Cl)CC3)nc2c1. The van der Waals surface area contributed by atoms with Gasteiger partial charge in [-0.25, -0.2) is 9.97 Å². The Labute approximate surface area is 200 Å². The van der Waals surface area contributed by atoms with E-state index in [0.717, 1.165) is 43.3 Å². The average molecular weight is 480 g/mol. The van der Waals surface area contributed by atoms with Crippen molar-refractivity contribution in [1.29, 1.82) is 5.26 Å². The summed E-state index contributed by atoms with van der Waals surface area (Å²) in [5, 5.41) is 17.8. The van der Waals surface area contributed by atoms with E-state index in [-0.39, 0.29) is 0 Å². The maximum atomic E-state index is 9.26. The second-order valence-electron chi connectivity index (χ2n) is 7.72. The Morgan fingerprint density at radius 2 is 1.85 bits per heavy atom. The van der Waals surface area contributed by atoms with Gasteiger partial charge in [0.05, 0.1) is 22.7 Å². The zero-order chi connectivity index (χ0) is 22.8. The summed E-state index contributed by atoms with van der Waals surface area (Å²) in [6.07, 6.45) is 1.50. The summed E-state index contributed by atoms with van der Waals surface area (Å²) in [6, 6.07) is 14.7. The smallest absolute Gasteiger partial charge is 0.175 e. The largest absolute Gasteiger partial charge is 0.363 e. The zero-order valence-corrected chi connectivity index (χ0v) is 19.0. The highest BCUT2D eigenvalue weighted by molar-refractivity contribution is 6.33. The number of nitriles is 1. The normalized spacial score (nSPS) is 14.4. The Hall–Kier alpha value is -3.38. The van der Waals surface area contributed by atoms with Gasteiger partial charge >= 0.3 is 0 Å². The van der Waals surface area contributed by atoms with Gasteiger partial charge in [0, 0.05) is 48.8 Å². The molecule has 5 rings (SSSR count). The highest BCUT2D eigenvalue weighted by atomic mass is 35.5. The fourth-order valence-corrected chi connectivity index (χ4v) is 4.21. The van der Waals surface area contributed by atoms with Crippen LogP contribution < -0.4 is 10.2 Å². The number of nitrogens with zero attached hydrogens (tertiary/aromatic N) is 6. The van der Waals surface area contributed by atoms with Gasteiger partial charge in [0.15, 0.2) is 17.5 Å². The molecule has 0 amide bonds. The average Bonchev–Trinajstić information content (AvgIpc) is 3.34. The Morgan fingerprint density at radius 3 is 2.61 bits per heavy atom. The first-order valence-corrected chi connectivity index (χ1v) is 11.2. The number of anilines is 3. The minimum atomic E-state index is 0.545. The van der Waals surface area contributed by atoms with Crippen LogP contribution in [0.5, 0.6) is 0 Å². The summed E-state index contributed by atoms with van der Waals surface area (Å²) in [5.74, 6) is 1.85. The monoisotopic (exact) mass is 479 g/mol. The number of piperazine rings is 1. The molecule has 0 aliphatic carbocycles. The third-order valence-electron chi connectivity index (χ3n) is 5.53. The fraction of sp³-hybridized carbons (Fsp3) is 0.217. The van der Waals surface area contributed by atoms with Crippen molar-refractivity contribution in [2.24, 2.45) is 0 Å². The molecular weight excluding hydrogens is 461 g/mol. The molecule has 0 atom stereocenters. The van der Waals surface area contributed by atoms with Crippen LogP contribution in [0, 0.1) is 11.3 Å². The highest BCUT2D eigenvalue weighted by Gasteiger charge is 2.23. The molecule has 166 valence electrons. The van der Waals surface area contributed by atoms with E-state index in [1.807, 2.05) is 12.1 Å². The first kappa shape index (κ1) is 21.5. The minimum absolute atomic E-state index is 0.545. The number of halogens is 2. The number of benzene rings is 2. The van der Waals surface area contributed by atoms with Crippen LogP contribution in [0.1, 0.15) is 11.1 Å². The molecule has 0 bridgehead atoms. The van der Waals surface area contributed by atoms with Crippen LogP contribution in [0.4, 0.5) is 17.5 Å². The van der Waals surface area contributed by atoms with Gasteiger partial charge in [-0.05, 0) is 42.0 Å². The molecule has 3 heterocycles. The zero-order valence-electron chi connectivity index (χ0n) is 17.5. The number of hydrogen-bond acceptors (Lipinski definition) is 8. The lowest BCUT2D eigenvalue weighted by atomic mass is 10.2. The standard InChI is InChI=1S/C23H19Cl2N7O/c24-17-2-3-18(25)16(12-17)14-31-6-8-32(9-7-31)23-22(29-21-5-10-33-30-21)27-19-4-1-15(13-26)11-20(19)28-23/h1-5,10-12H,6-9,14H2,(H,27,29,30). The predicted molar refractivity (Wildman–Crippen MR) is 128 cm³/mol. The van der Waals surface area contributed by atoms with Gasteiger partial charge in [0.1, 0.15) is 6.26 Å². The molecule has 1 fully saturated rings. The maximum Gasteiger partial charge on any atom is 0.175 e. The van der Waals surface area contributed by atoms with Crippen LogP contribution in [0.3, 0.4) is 0 Å². The first-order valence-electron chi connectivity index (χ1n) is 10.4. The van der Waals surface area contributed by atoms with Crippen molar-refractivity contribution < 1.29 is 4.52 Å². The quantitative estimate of drug-likeness (QED) is 0.433. The number of fused-ring (bicyclic) bond motifs is 1. The molecule has 0 unspecified atom stereocenters. The summed E-state index contributed by atoms with van der Waals surface area (Å²) in [4.78, 5) is 14.1. The Kier molecular flexibility index (Phi) is 6.01. The molecule has 10 heteroatoms. The van der Waals surface area contributed by atoms with Gasteiger partial charge in [-0.2, -0.15) is 5.26 Å². The molecular formula is C23H19Cl2N7O. The Morgan fingerprint density at radius 1 is 1.00 bits per heavy atom. The lowest BCUT2D eigenvalue weighted by Crippen LogP contribution is -2.46. The lowest BCUT2D eigenvalue weighted by Gasteiger charge is -2.36. The van der Waals surface area contributed by atoms with Crippen LogP contribution in [0.25, 0.3) is 11.0 Å². The fourth-order valence-electron chi connectivity index (χ4n) is 3.84. The van der Waals surface area contributed by atoms with Crippen molar-refractivity contribution in [3.8, 4) is 6.07 Å². The van der Waals surface area contributed by atoms with Crippen LogP contribution >= 0.6 is 23.2 Å². The number of hydrogen-bond donors (Lipinski definition) is 1. The van der Waals surface area contributed by atoms with Gasteiger partial charge in [-0.3, -0.25) is 4.90 Å². The van der Waals surface area contributed by atoms with E-state index in [4.69, 9.17) is 37.7 Å². The topological polar surface area (TPSA) is 94.1 Å². The van der Waals surface area contributed by atoms with Crippen LogP contribution in [0.2, 0.25) is 10.0 Å². The summed E-state index contributed by atoms with van der Waals surface area (Å²) in [7, 11) is 0. The van der Waals surface area contributed by atoms with E-state index in [0.29, 0.717) is 39.1 Å². The molecule has 8 nitrogen and oxygen atoms in total. The van der Waals surface area contributed by atoms with Gasteiger partial charge < -0.3 is 14.7 Å². The van der Waals surface area contributed by atoms with E-state index < -0.39 is 0 Å². The van der Waals surface area contributed by atoms with Crippen molar-refractivity contribution in [3.05, 3.63) is 69.9 Å². The number of aromatic nitrogens is 3. The van der Waals surface area contributed by atoms with Crippen molar-refractivity contribution in [2.75, 3.05) is 36.4 Å². The van der Waals surface area contributed by atoms with E-state index in [1.54, 1.807) is 30.3 Å². The van der Waals surface area contributed by atoms with Crippen LogP contribution in [-0.4, -0.2) is 46.2 Å². The second-order valence-corrected chi connectivity index (χ2v) is 8.56. The molecule has 1 aliphatic heterocycles. The van der Waals surface area contributed by atoms with Crippen molar-refractivity contribution in [3.63, 3.8) is 0 Å². The van der Waals surface area contributed by atoms with E-state index >= 15 is 0 Å². The summed E-state index contributed by atoms with van der Waals surface area (Å²) in [6.45, 7) is 3.88. The lowest BCUT2D eigenvalue weighted by molar-refractivity contribution is 0.249. The predicted octanol–water partition coefficient (Wildman–Crippen LogP) is 4.86. The first-order chi connectivity index (χ1) is 16.1. The molecule has 0 saturated carbocycles. The van der Waals surface area contributed by atoms with Crippen LogP contribution in [-0.2, 0) is 6.54 Å². The van der Waals surface area contributed by atoms with Gasteiger partial charge in [0.2, 0.25) is 0 Å². The van der Waals surface area contributed by atoms with E-state index in [2.05, 4.69) is 26.3 Å². The molecule has 0 radical (unpaired) electrons. The Balaban J connectivity index is 1.40. The molecule has 1 N–H and O–H groups in total. The van der Waals surface area contributed by atoms with Gasteiger partial charge in [-0.15, -0.1) is 0 Å². The maximum absolute atomic E-state index is 9.26. The third kappa shape index (κ3) is 4.71. The molecule has 0 spiro atoms. The van der Waals surface area contributed by atoms with Crippen molar-refractivity contribution in [2.45, 2.75) is 6.54 Å². The van der Waals surface area contributed by atoms with Crippen molar-refractivity contribution >= 4 is 51.7 Å². The second kappa shape index (κ2) is 9.24. The highest BCUT2D eigenvalue weighted by Crippen LogP contribution is 2.29. The minimum Gasteiger partial charge on any atom is -0.363 e. The molecule has 4 aromatic rings. The van der Waals surface area contributed by atoms with Gasteiger partial charge in [0.25, 0.3) is 0 Å². The van der Waals surface area contributed by atoms with E-state index in [9.17, 15) is 5.26 Å². The number of rotatable bonds is 5. The number of nitrogens with one attached hydrogen (secondary N) is 1. The van der Waals surface area contributed by atoms with Crippen LogP contribution in [0.15, 0.2) is 53.3 Å². The molecule has 2 aromatic carbocycles. The summed E-state index contributed by atoms with van der Waals surface area (Å²) >= 11 is 12.5. The van der Waals surface area contributed by atoms with E-state index in [1.165, 1.54) is 6.26 Å². The molecule has 1 saturated heterocycles. The molecule has 1 aliphatic rings. The van der Waals surface area contributed by atoms with Crippen molar-refractivity contribution in [1.82, 2.24) is 20.0 Å².